The van der Waals surface area contributed by atoms with E-state index in [1.54, 1.807) is 32.0 Å². The lowest BCUT2D eigenvalue weighted by atomic mass is 10.1. The van der Waals surface area contributed by atoms with Gasteiger partial charge in [0.2, 0.25) is 5.88 Å². The van der Waals surface area contributed by atoms with Crippen LogP contribution in [-0.2, 0) is 0 Å². The standard InChI is InChI=1S/C23H22N4O4/c1-14-18(13-24)22(28)27(15(2)16-8-6-5-7-9-16)23(29)21(14)26-25-19-12-17(30-3)10-11-20(19)31-4/h5-12,15,28H,1-4H3. The van der Waals surface area contributed by atoms with E-state index < -0.39 is 17.5 Å². The Balaban J connectivity index is 2.19. The topological polar surface area (TPSA) is 109 Å². The molecule has 8 nitrogen and oxygen atoms in total. The minimum Gasteiger partial charge on any atom is -0.497 e. The highest BCUT2D eigenvalue weighted by atomic mass is 16.5. The molecule has 0 bridgehead atoms. The number of azo groups is 1. The van der Waals surface area contributed by atoms with Gasteiger partial charge in [0.05, 0.1) is 20.3 Å². The Labute approximate surface area is 179 Å². The molecule has 0 radical (unpaired) electrons. The average molecular weight is 418 g/mol. The first-order chi connectivity index (χ1) is 14.9. The quantitative estimate of drug-likeness (QED) is 0.580. The van der Waals surface area contributed by atoms with E-state index in [1.807, 2.05) is 36.4 Å². The highest BCUT2D eigenvalue weighted by molar-refractivity contribution is 5.59. The van der Waals surface area contributed by atoms with Crippen molar-refractivity contribution in [3.8, 4) is 23.4 Å². The van der Waals surface area contributed by atoms with Crippen molar-refractivity contribution in [2.75, 3.05) is 14.2 Å². The van der Waals surface area contributed by atoms with E-state index in [1.165, 1.54) is 14.2 Å². The fourth-order valence-corrected chi connectivity index (χ4v) is 3.25. The zero-order valence-corrected chi connectivity index (χ0v) is 17.7. The van der Waals surface area contributed by atoms with E-state index >= 15 is 0 Å². The molecule has 0 aliphatic heterocycles. The van der Waals surface area contributed by atoms with Crippen molar-refractivity contribution < 1.29 is 14.6 Å². The number of aromatic nitrogens is 1. The van der Waals surface area contributed by atoms with Crippen molar-refractivity contribution in [1.29, 1.82) is 5.26 Å². The molecule has 0 fully saturated rings. The molecule has 3 aromatic rings. The largest absolute Gasteiger partial charge is 0.497 e. The third kappa shape index (κ3) is 4.12. The third-order valence-corrected chi connectivity index (χ3v) is 5.03. The van der Waals surface area contributed by atoms with Gasteiger partial charge >= 0.3 is 0 Å². The van der Waals surface area contributed by atoms with E-state index in [-0.39, 0.29) is 16.8 Å². The lowest BCUT2D eigenvalue weighted by Crippen LogP contribution is -2.25. The van der Waals surface area contributed by atoms with Gasteiger partial charge in [-0.3, -0.25) is 9.36 Å². The molecular formula is C23H22N4O4. The van der Waals surface area contributed by atoms with E-state index in [0.29, 0.717) is 17.2 Å². The second-order valence-electron chi connectivity index (χ2n) is 6.78. The van der Waals surface area contributed by atoms with E-state index in [0.717, 1.165) is 10.1 Å². The van der Waals surface area contributed by atoms with Gasteiger partial charge in [-0.15, -0.1) is 10.2 Å². The summed E-state index contributed by atoms with van der Waals surface area (Å²) < 4.78 is 11.6. The van der Waals surface area contributed by atoms with Crippen molar-refractivity contribution >= 4 is 11.4 Å². The monoisotopic (exact) mass is 418 g/mol. The fraction of sp³-hybridized carbons (Fsp3) is 0.217. The van der Waals surface area contributed by atoms with Crippen LogP contribution in [0.15, 0.2) is 63.6 Å². The Kier molecular flexibility index (Phi) is 6.36. The maximum absolute atomic E-state index is 13.3. The summed E-state index contributed by atoms with van der Waals surface area (Å²) in [5.74, 6) is 0.587. The second kappa shape index (κ2) is 9.13. The zero-order valence-electron chi connectivity index (χ0n) is 17.7. The number of nitriles is 1. The van der Waals surface area contributed by atoms with Crippen LogP contribution in [0.4, 0.5) is 11.4 Å². The van der Waals surface area contributed by atoms with Crippen LogP contribution in [-0.4, -0.2) is 23.9 Å². The number of hydrogen-bond donors (Lipinski definition) is 1. The van der Waals surface area contributed by atoms with Crippen molar-refractivity contribution in [3.05, 3.63) is 75.6 Å². The summed E-state index contributed by atoms with van der Waals surface area (Å²) in [6, 6.07) is 15.6. The predicted octanol–water partition coefficient (Wildman–Crippen LogP) is 4.78. The van der Waals surface area contributed by atoms with Crippen LogP contribution >= 0.6 is 0 Å². The first-order valence-corrected chi connectivity index (χ1v) is 9.49. The van der Waals surface area contributed by atoms with Crippen LogP contribution in [0.5, 0.6) is 17.4 Å². The average Bonchev–Trinajstić information content (AvgIpc) is 2.79. The smallest absolute Gasteiger partial charge is 0.282 e. The van der Waals surface area contributed by atoms with Gasteiger partial charge in [-0.05, 0) is 31.5 Å². The molecule has 0 spiro atoms. The van der Waals surface area contributed by atoms with Gasteiger partial charge in [0.15, 0.2) is 5.69 Å². The van der Waals surface area contributed by atoms with Gasteiger partial charge in [-0.1, -0.05) is 30.3 Å². The lowest BCUT2D eigenvalue weighted by Gasteiger charge is -2.19. The Bertz CT molecular complexity index is 1230. The summed E-state index contributed by atoms with van der Waals surface area (Å²) in [4.78, 5) is 13.3. The molecule has 1 unspecified atom stereocenters. The number of aromatic hydroxyl groups is 1. The van der Waals surface area contributed by atoms with Crippen LogP contribution in [0.3, 0.4) is 0 Å². The molecule has 31 heavy (non-hydrogen) atoms. The lowest BCUT2D eigenvalue weighted by molar-refractivity contribution is 0.393. The van der Waals surface area contributed by atoms with Crippen molar-refractivity contribution in [1.82, 2.24) is 4.57 Å². The normalized spacial score (nSPS) is 11.8. The van der Waals surface area contributed by atoms with Gasteiger partial charge in [0.1, 0.15) is 28.8 Å². The Morgan fingerprint density at radius 2 is 1.81 bits per heavy atom. The van der Waals surface area contributed by atoms with Gasteiger partial charge < -0.3 is 14.6 Å². The molecule has 3 rings (SSSR count). The van der Waals surface area contributed by atoms with Gasteiger partial charge in [-0.25, -0.2) is 0 Å². The fourth-order valence-electron chi connectivity index (χ4n) is 3.25. The number of pyridine rings is 1. The minimum atomic E-state index is -0.559. The molecule has 0 aliphatic carbocycles. The summed E-state index contributed by atoms with van der Waals surface area (Å²) in [5, 5.41) is 28.6. The molecule has 0 saturated carbocycles. The number of ether oxygens (including phenoxy) is 2. The van der Waals surface area contributed by atoms with Crippen LogP contribution in [0.1, 0.15) is 29.7 Å². The van der Waals surface area contributed by atoms with Crippen molar-refractivity contribution in [3.63, 3.8) is 0 Å². The molecule has 0 amide bonds. The SMILES string of the molecule is COc1ccc(OC)c(N=Nc2c(C)c(C#N)c(O)n(C(C)c3ccccc3)c2=O)c1. The minimum absolute atomic E-state index is 0.0334. The molecule has 2 aromatic carbocycles. The summed E-state index contributed by atoms with van der Waals surface area (Å²) in [6.07, 6.45) is 0. The van der Waals surface area contributed by atoms with E-state index in [9.17, 15) is 15.2 Å². The Hall–Kier alpha value is -4.12. The maximum Gasteiger partial charge on any atom is 0.282 e. The summed E-state index contributed by atoms with van der Waals surface area (Å²) >= 11 is 0. The van der Waals surface area contributed by atoms with Gasteiger partial charge in [0, 0.05) is 11.6 Å². The molecule has 1 N–H and O–H groups in total. The van der Waals surface area contributed by atoms with Crippen LogP contribution in [0.2, 0.25) is 0 Å². The van der Waals surface area contributed by atoms with Gasteiger partial charge in [0.25, 0.3) is 5.56 Å². The first kappa shape index (κ1) is 21.6. The van der Waals surface area contributed by atoms with Crippen LogP contribution < -0.4 is 15.0 Å². The molecule has 1 heterocycles. The predicted molar refractivity (Wildman–Crippen MR) is 116 cm³/mol. The number of nitrogens with zero attached hydrogens (tertiary/aromatic N) is 4. The number of methoxy groups -OCH3 is 2. The molecular weight excluding hydrogens is 396 g/mol. The molecule has 1 atom stereocenters. The summed E-state index contributed by atoms with van der Waals surface area (Å²) in [5.41, 5.74) is 0.763. The molecule has 0 aliphatic rings. The van der Waals surface area contributed by atoms with E-state index in [2.05, 4.69) is 10.2 Å². The summed E-state index contributed by atoms with van der Waals surface area (Å²) in [7, 11) is 3.02. The number of hydrogen-bond acceptors (Lipinski definition) is 7. The van der Waals surface area contributed by atoms with Crippen LogP contribution in [0.25, 0.3) is 0 Å². The zero-order chi connectivity index (χ0) is 22.5. The first-order valence-electron chi connectivity index (χ1n) is 9.49. The Morgan fingerprint density at radius 3 is 2.42 bits per heavy atom. The van der Waals surface area contributed by atoms with E-state index in [4.69, 9.17) is 9.47 Å². The molecule has 8 heteroatoms. The number of benzene rings is 2. The maximum atomic E-state index is 13.3. The van der Waals surface area contributed by atoms with Crippen molar-refractivity contribution in [2.45, 2.75) is 19.9 Å². The molecule has 0 saturated heterocycles. The summed E-state index contributed by atoms with van der Waals surface area (Å²) in [6.45, 7) is 3.31. The Morgan fingerprint density at radius 1 is 1.10 bits per heavy atom. The second-order valence-corrected chi connectivity index (χ2v) is 6.78. The molecule has 1 aromatic heterocycles. The highest BCUT2D eigenvalue weighted by Crippen LogP contribution is 2.34. The number of rotatable bonds is 6. The van der Waals surface area contributed by atoms with Crippen LogP contribution in [0, 0.1) is 18.3 Å². The van der Waals surface area contributed by atoms with Gasteiger partial charge in [-0.2, -0.15) is 5.26 Å². The highest BCUT2D eigenvalue weighted by Gasteiger charge is 2.23. The van der Waals surface area contributed by atoms with Crippen molar-refractivity contribution in [2.24, 2.45) is 10.2 Å². The third-order valence-electron chi connectivity index (χ3n) is 5.03. The molecule has 158 valence electrons.